The van der Waals surface area contributed by atoms with Crippen LogP contribution in [0.15, 0.2) is 0 Å². The Morgan fingerprint density at radius 1 is 1.21 bits per heavy atom. The zero-order chi connectivity index (χ0) is 11.1. The molecule has 0 fully saturated rings. The van der Waals surface area contributed by atoms with Crippen LogP contribution in [-0.4, -0.2) is 62.7 Å². The van der Waals surface area contributed by atoms with E-state index in [1.165, 1.54) is 0 Å². The van der Waals surface area contributed by atoms with Crippen molar-refractivity contribution in [2.45, 2.75) is 20.0 Å². The van der Waals surface area contributed by atoms with Crippen LogP contribution < -0.4 is 0 Å². The molecule has 0 saturated heterocycles. The van der Waals surface area contributed by atoms with Crippen molar-refractivity contribution in [1.29, 1.82) is 0 Å². The third-order valence-electron chi connectivity index (χ3n) is 1.85. The number of hydrogen-bond donors (Lipinski definition) is 0. The van der Waals surface area contributed by atoms with Gasteiger partial charge < -0.3 is 14.5 Å². The maximum absolute atomic E-state index is 11.4. The first-order valence-corrected chi connectivity index (χ1v) is 4.93. The summed E-state index contributed by atoms with van der Waals surface area (Å²) in [4.78, 5) is 15.2. The Hall–Kier alpha value is -0.610. The van der Waals surface area contributed by atoms with Crippen LogP contribution >= 0.6 is 0 Å². The van der Waals surface area contributed by atoms with Crippen LogP contribution in [0.2, 0.25) is 0 Å². The van der Waals surface area contributed by atoms with E-state index < -0.39 is 0 Å². The van der Waals surface area contributed by atoms with Gasteiger partial charge >= 0.3 is 0 Å². The Morgan fingerprint density at radius 3 is 2.21 bits per heavy atom. The molecule has 0 N–H and O–H groups in total. The highest BCUT2D eigenvalue weighted by atomic mass is 16.5. The molecule has 0 bridgehead atoms. The van der Waals surface area contributed by atoms with E-state index in [-0.39, 0.29) is 18.6 Å². The van der Waals surface area contributed by atoms with Gasteiger partial charge in [-0.25, -0.2) is 0 Å². The molecule has 0 unspecified atom stereocenters. The maximum atomic E-state index is 11.4. The standard InChI is InChI=1S/C10H22N2O2/c1-9(2)14-8-10(13)12(5)7-6-11(3)4/h9H,6-8H2,1-5H3. The monoisotopic (exact) mass is 202 g/mol. The van der Waals surface area contributed by atoms with Crippen LogP contribution in [-0.2, 0) is 9.53 Å². The van der Waals surface area contributed by atoms with Crippen LogP contribution in [0.4, 0.5) is 0 Å². The lowest BCUT2D eigenvalue weighted by molar-refractivity contribution is -0.136. The van der Waals surface area contributed by atoms with Gasteiger partial charge in [0.15, 0.2) is 0 Å². The van der Waals surface area contributed by atoms with E-state index in [1.807, 2.05) is 32.8 Å². The lowest BCUT2D eigenvalue weighted by Gasteiger charge is -2.20. The van der Waals surface area contributed by atoms with E-state index in [1.54, 1.807) is 11.9 Å². The fraction of sp³-hybridized carbons (Fsp3) is 0.900. The van der Waals surface area contributed by atoms with Gasteiger partial charge in [-0.3, -0.25) is 4.79 Å². The highest BCUT2D eigenvalue weighted by Crippen LogP contribution is 1.91. The highest BCUT2D eigenvalue weighted by molar-refractivity contribution is 5.77. The summed E-state index contributed by atoms with van der Waals surface area (Å²) in [7, 11) is 5.78. The molecule has 0 aliphatic rings. The zero-order valence-electron chi connectivity index (χ0n) is 9.91. The van der Waals surface area contributed by atoms with E-state index in [0.717, 1.165) is 13.1 Å². The van der Waals surface area contributed by atoms with Gasteiger partial charge in [0.05, 0.1) is 6.10 Å². The first-order valence-electron chi connectivity index (χ1n) is 4.93. The predicted molar refractivity (Wildman–Crippen MR) is 57.3 cm³/mol. The van der Waals surface area contributed by atoms with E-state index >= 15 is 0 Å². The molecular weight excluding hydrogens is 180 g/mol. The first-order chi connectivity index (χ1) is 6.43. The van der Waals surface area contributed by atoms with Gasteiger partial charge in [-0.1, -0.05) is 0 Å². The molecule has 4 heteroatoms. The zero-order valence-corrected chi connectivity index (χ0v) is 9.91. The number of ether oxygens (including phenoxy) is 1. The summed E-state index contributed by atoms with van der Waals surface area (Å²) in [6.45, 7) is 5.65. The summed E-state index contributed by atoms with van der Waals surface area (Å²) >= 11 is 0. The Morgan fingerprint density at radius 2 is 1.79 bits per heavy atom. The van der Waals surface area contributed by atoms with Crippen molar-refractivity contribution in [2.75, 3.05) is 40.8 Å². The first kappa shape index (κ1) is 13.4. The Labute approximate surface area is 86.8 Å². The second kappa shape index (κ2) is 6.79. The number of likely N-dealkylation sites (N-methyl/N-ethyl adjacent to an activating group) is 2. The third-order valence-corrected chi connectivity index (χ3v) is 1.85. The Bertz CT molecular complexity index is 170. The summed E-state index contributed by atoms with van der Waals surface area (Å²) in [6.07, 6.45) is 0.112. The molecule has 0 aliphatic carbocycles. The smallest absolute Gasteiger partial charge is 0.248 e. The maximum Gasteiger partial charge on any atom is 0.248 e. The largest absolute Gasteiger partial charge is 0.369 e. The van der Waals surface area contributed by atoms with Gasteiger partial charge in [0.1, 0.15) is 6.61 Å². The summed E-state index contributed by atoms with van der Waals surface area (Å²) in [5.41, 5.74) is 0. The van der Waals surface area contributed by atoms with Gasteiger partial charge in [-0.2, -0.15) is 0 Å². The summed E-state index contributed by atoms with van der Waals surface area (Å²) in [5, 5.41) is 0. The number of amides is 1. The summed E-state index contributed by atoms with van der Waals surface area (Å²) in [5.74, 6) is 0.0422. The van der Waals surface area contributed by atoms with Crippen LogP contribution in [0.5, 0.6) is 0 Å². The Balaban J connectivity index is 3.65. The second-order valence-electron chi connectivity index (χ2n) is 3.98. The fourth-order valence-corrected chi connectivity index (χ4v) is 0.823. The normalized spacial score (nSPS) is 11.1. The lowest BCUT2D eigenvalue weighted by Crippen LogP contribution is -2.36. The molecule has 0 aromatic rings. The fourth-order valence-electron chi connectivity index (χ4n) is 0.823. The van der Waals surface area contributed by atoms with Gasteiger partial charge in [-0.15, -0.1) is 0 Å². The van der Waals surface area contributed by atoms with Crippen molar-refractivity contribution >= 4 is 5.91 Å². The highest BCUT2D eigenvalue weighted by Gasteiger charge is 2.09. The summed E-state index contributed by atoms with van der Waals surface area (Å²) < 4.78 is 5.23. The molecule has 0 aromatic carbocycles. The molecule has 0 spiro atoms. The number of hydrogen-bond acceptors (Lipinski definition) is 3. The van der Waals surface area contributed by atoms with Crippen molar-refractivity contribution in [3.05, 3.63) is 0 Å². The molecule has 0 radical (unpaired) electrons. The van der Waals surface area contributed by atoms with Crippen molar-refractivity contribution in [3.8, 4) is 0 Å². The quantitative estimate of drug-likeness (QED) is 0.626. The minimum absolute atomic E-state index is 0.0422. The molecule has 0 aromatic heterocycles. The predicted octanol–water partition coefficient (Wildman–Crippen LogP) is 0.431. The van der Waals surface area contributed by atoms with Gasteiger partial charge in [-0.05, 0) is 27.9 Å². The average molecular weight is 202 g/mol. The van der Waals surface area contributed by atoms with E-state index in [4.69, 9.17) is 4.74 Å². The van der Waals surface area contributed by atoms with Crippen molar-refractivity contribution in [2.24, 2.45) is 0 Å². The Kier molecular flexibility index (Phi) is 6.49. The van der Waals surface area contributed by atoms with Crippen molar-refractivity contribution in [1.82, 2.24) is 9.80 Å². The second-order valence-corrected chi connectivity index (χ2v) is 3.98. The molecule has 0 atom stereocenters. The van der Waals surface area contributed by atoms with Gasteiger partial charge in [0.25, 0.3) is 0 Å². The molecule has 0 saturated carbocycles. The van der Waals surface area contributed by atoms with E-state index in [2.05, 4.69) is 0 Å². The molecule has 4 nitrogen and oxygen atoms in total. The van der Waals surface area contributed by atoms with E-state index in [9.17, 15) is 4.79 Å². The average Bonchev–Trinajstić information content (AvgIpc) is 2.09. The molecule has 1 amide bonds. The van der Waals surface area contributed by atoms with Crippen LogP contribution in [0, 0.1) is 0 Å². The van der Waals surface area contributed by atoms with Gasteiger partial charge in [0, 0.05) is 20.1 Å². The lowest BCUT2D eigenvalue weighted by atomic mass is 10.4. The van der Waals surface area contributed by atoms with Crippen LogP contribution in [0.1, 0.15) is 13.8 Å². The SMILES string of the molecule is CC(C)OCC(=O)N(C)CCN(C)C. The number of carbonyl (C=O) groups excluding carboxylic acids is 1. The topological polar surface area (TPSA) is 32.8 Å². The van der Waals surface area contributed by atoms with Gasteiger partial charge in [0.2, 0.25) is 5.91 Å². The van der Waals surface area contributed by atoms with Crippen molar-refractivity contribution < 1.29 is 9.53 Å². The number of rotatable bonds is 6. The minimum atomic E-state index is 0.0422. The molecule has 0 rings (SSSR count). The third kappa shape index (κ3) is 6.86. The molecule has 0 heterocycles. The number of carbonyl (C=O) groups is 1. The van der Waals surface area contributed by atoms with Crippen LogP contribution in [0.25, 0.3) is 0 Å². The van der Waals surface area contributed by atoms with E-state index in [0.29, 0.717) is 0 Å². The molecular formula is C10H22N2O2. The van der Waals surface area contributed by atoms with Crippen molar-refractivity contribution in [3.63, 3.8) is 0 Å². The molecule has 0 aliphatic heterocycles. The van der Waals surface area contributed by atoms with Crippen LogP contribution in [0.3, 0.4) is 0 Å². The molecule has 14 heavy (non-hydrogen) atoms. The minimum Gasteiger partial charge on any atom is -0.369 e. The number of nitrogens with zero attached hydrogens (tertiary/aromatic N) is 2. The molecule has 84 valence electrons. The summed E-state index contributed by atoms with van der Waals surface area (Å²) in [6, 6.07) is 0.